The third-order valence-corrected chi connectivity index (χ3v) is 4.63. The number of pyridine rings is 1. The number of halogens is 1. The molecule has 1 aromatic carbocycles. The predicted molar refractivity (Wildman–Crippen MR) is 97.7 cm³/mol. The molecular weight excluding hydrogens is 336 g/mol. The van der Waals surface area contributed by atoms with Crippen LogP contribution in [0, 0.1) is 0 Å². The monoisotopic (exact) mass is 352 g/mol. The van der Waals surface area contributed by atoms with Crippen LogP contribution in [0.2, 0.25) is 5.02 Å². The SMILES string of the molecule is O=C(Nc1cccc(Cl)c1)N1CCn2cccc2C1c1ccncc1. The van der Waals surface area contributed by atoms with Crippen molar-refractivity contribution in [2.24, 2.45) is 0 Å². The summed E-state index contributed by atoms with van der Waals surface area (Å²) in [7, 11) is 0. The molecule has 1 aliphatic heterocycles. The number of amides is 2. The number of hydrogen-bond acceptors (Lipinski definition) is 2. The molecule has 0 spiro atoms. The van der Waals surface area contributed by atoms with Gasteiger partial charge in [-0.2, -0.15) is 0 Å². The van der Waals surface area contributed by atoms with E-state index >= 15 is 0 Å². The third-order valence-electron chi connectivity index (χ3n) is 4.40. The van der Waals surface area contributed by atoms with Crippen molar-refractivity contribution in [1.29, 1.82) is 0 Å². The lowest BCUT2D eigenvalue weighted by atomic mass is 10.0. The Balaban J connectivity index is 1.66. The van der Waals surface area contributed by atoms with Crippen molar-refractivity contribution in [1.82, 2.24) is 14.5 Å². The minimum atomic E-state index is -0.147. The summed E-state index contributed by atoms with van der Waals surface area (Å²) in [5.74, 6) is 0. The van der Waals surface area contributed by atoms with Crippen LogP contribution in [0.3, 0.4) is 0 Å². The summed E-state index contributed by atoms with van der Waals surface area (Å²) in [5, 5.41) is 3.55. The van der Waals surface area contributed by atoms with Gasteiger partial charge in [0.2, 0.25) is 0 Å². The Kier molecular flexibility index (Phi) is 4.15. The Morgan fingerprint density at radius 3 is 2.76 bits per heavy atom. The van der Waals surface area contributed by atoms with Gasteiger partial charge in [-0.1, -0.05) is 17.7 Å². The highest BCUT2D eigenvalue weighted by Crippen LogP contribution is 2.32. The van der Waals surface area contributed by atoms with E-state index in [0.717, 1.165) is 17.8 Å². The van der Waals surface area contributed by atoms with Crippen molar-refractivity contribution < 1.29 is 4.79 Å². The molecule has 0 saturated carbocycles. The summed E-state index contributed by atoms with van der Waals surface area (Å²) < 4.78 is 2.19. The smallest absolute Gasteiger partial charge is 0.322 e. The predicted octanol–water partition coefficient (Wildman–Crippen LogP) is 4.17. The molecule has 3 aromatic rings. The van der Waals surface area contributed by atoms with Crippen LogP contribution < -0.4 is 5.32 Å². The van der Waals surface area contributed by atoms with E-state index in [2.05, 4.69) is 27.1 Å². The number of aromatic nitrogens is 2. The van der Waals surface area contributed by atoms with Gasteiger partial charge in [0.1, 0.15) is 0 Å². The molecule has 25 heavy (non-hydrogen) atoms. The fourth-order valence-corrected chi connectivity index (χ4v) is 3.45. The number of fused-ring (bicyclic) bond motifs is 1. The summed E-state index contributed by atoms with van der Waals surface area (Å²) in [4.78, 5) is 18.9. The molecule has 0 radical (unpaired) electrons. The second kappa shape index (κ2) is 6.61. The number of carbonyl (C=O) groups excluding carboxylic acids is 1. The van der Waals surface area contributed by atoms with Gasteiger partial charge in [-0.3, -0.25) is 4.98 Å². The zero-order valence-electron chi connectivity index (χ0n) is 13.5. The number of nitrogens with zero attached hydrogens (tertiary/aromatic N) is 3. The minimum Gasteiger partial charge on any atom is -0.348 e. The molecule has 1 unspecified atom stereocenters. The molecule has 0 fully saturated rings. The van der Waals surface area contributed by atoms with E-state index in [1.54, 1.807) is 24.5 Å². The van der Waals surface area contributed by atoms with Crippen LogP contribution >= 0.6 is 11.6 Å². The molecule has 1 atom stereocenters. The lowest BCUT2D eigenvalue weighted by Crippen LogP contribution is -2.44. The molecule has 5 nitrogen and oxygen atoms in total. The van der Waals surface area contributed by atoms with Crippen molar-refractivity contribution in [2.45, 2.75) is 12.6 Å². The second-order valence-corrected chi connectivity index (χ2v) is 6.38. The average Bonchev–Trinajstić information content (AvgIpc) is 3.10. The number of rotatable bonds is 2. The first kappa shape index (κ1) is 15.7. The van der Waals surface area contributed by atoms with Crippen LogP contribution in [-0.4, -0.2) is 27.0 Å². The molecule has 4 rings (SSSR count). The largest absolute Gasteiger partial charge is 0.348 e. The maximum absolute atomic E-state index is 12.9. The zero-order chi connectivity index (χ0) is 17.2. The van der Waals surface area contributed by atoms with Crippen molar-refractivity contribution in [3.8, 4) is 0 Å². The van der Waals surface area contributed by atoms with Gasteiger partial charge in [-0.05, 0) is 48.0 Å². The minimum absolute atomic E-state index is 0.142. The summed E-state index contributed by atoms with van der Waals surface area (Å²) in [6.45, 7) is 1.40. The number of urea groups is 1. The van der Waals surface area contributed by atoms with E-state index in [1.165, 1.54) is 0 Å². The van der Waals surface area contributed by atoms with Gasteiger partial charge in [-0.15, -0.1) is 0 Å². The van der Waals surface area contributed by atoms with Gasteiger partial charge in [-0.25, -0.2) is 4.79 Å². The summed E-state index contributed by atoms with van der Waals surface area (Å²) in [6, 6.07) is 14.9. The van der Waals surface area contributed by atoms with Gasteiger partial charge in [0.05, 0.1) is 6.04 Å². The van der Waals surface area contributed by atoms with Gasteiger partial charge in [0.15, 0.2) is 0 Å². The normalized spacial score (nSPS) is 16.4. The quantitative estimate of drug-likeness (QED) is 0.752. The first-order valence-electron chi connectivity index (χ1n) is 8.10. The fraction of sp³-hybridized carbons (Fsp3) is 0.158. The molecular formula is C19H17ClN4O. The number of anilines is 1. The summed E-state index contributed by atoms with van der Waals surface area (Å²) in [5.41, 5.74) is 2.82. The van der Waals surface area contributed by atoms with Crippen LogP contribution in [0.5, 0.6) is 0 Å². The Bertz CT molecular complexity index is 893. The Labute approximate surface area is 150 Å². The highest BCUT2D eigenvalue weighted by molar-refractivity contribution is 6.30. The van der Waals surface area contributed by atoms with Gasteiger partial charge in [0.25, 0.3) is 0 Å². The highest BCUT2D eigenvalue weighted by Gasteiger charge is 2.32. The van der Waals surface area contributed by atoms with E-state index < -0.39 is 0 Å². The molecule has 6 heteroatoms. The number of hydrogen-bond donors (Lipinski definition) is 1. The standard InChI is InChI=1S/C19H17ClN4O/c20-15-3-1-4-16(13-15)22-19(25)24-12-11-23-10-2-5-17(23)18(24)14-6-8-21-9-7-14/h1-10,13,18H,11-12H2,(H,22,25). The number of nitrogens with one attached hydrogen (secondary N) is 1. The van der Waals surface area contributed by atoms with Crippen molar-refractivity contribution in [3.63, 3.8) is 0 Å². The third kappa shape index (κ3) is 3.10. The van der Waals surface area contributed by atoms with Gasteiger partial charge < -0.3 is 14.8 Å². The molecule has 1 aliphatic rings. The average molecular weight is 353 g/mol. The molecule has 126 valence electrons. The molecule has 0 bridgehead atoms. The topological polar surface area (TPSA) is 50.2 Å². The molecule has 2 amide bonds. The lowest BCUT2D eigenvalue weighted by molar-refractivity contribution is 0.182. The van der Waals surface area contributed by atoms with Crippen LogP contribution in [-0.2, 0) is 6.54 Å². The van der Waals surface area contributed by atoms with Crippen LogP contribution in [0.15, 0.2) is 67.1 Å². The Morgan fingerprint density at radius 1 is 1.12 bits per heavy atom. The number of benzene rings is 1. The molecule has 3 heterocycles. The molecule has 0 aliphatic carbocycles. The first-order valence-corrected chi connectivity index (χ1v) is 8.48. The van der Waals surface area contributed by atoms with Crippen molar-refractivity contribution in [3.05, 3.63) is 83.4 Å². The van der Waals surface area contributed by atoms with Crippen LogP contribution in [0.4, 0.5) is 10.5 Å². The first-order chi connectivity index (χ1) is 12.2. The van der Waals surface area contributed by atoms with Crippen LogP contribution in [0.1, 0.15) is 17.3 Å². The summed E-state index contributed by atoms with van der Waals surface area (Å²) in [6.07, 6.45) is 5.56. The number of carbonyl (C=O) groups is 1. The Morgan fingerprint density at radius 2 is 1.96 bits per heavy atom. The molecule has 2 aromatic heterocycles. The molecule has 0 saturated heterocycles. The van der Waals surface area contributed by atoms with E-state index in [0.29, 0.717) is 17.3 Å². The van der Waals surface area contributed by atoms with E-state index in [4.69, 9.17) is 11.6 Å². The lowest BCUT2D eigenvalue weighted by Gasteiger charge is -2.37. The maximum Gasteiger partial charge on any atom is 0.322 e. The van der Waals surface area contributed by atoms with Gasteiger partial charge in [0, 0.05) is 48.1 Å². The molecule has 1 N–H and O–H groups in total. The van der Waals surface area contributed by atoms with E-state index in [-0.39, 0.29) is 12.1 Å². The van der Waals surface area contributed by atoms with Crippen molar-refractivity contribution >= 4 is 23.3 Å². The highest BCUT2D eigenvalue weighted by atomic mass is 35.5. The summed E-state index contributed by atoms with van der Waals surface area (Å²) >= 11 is 6.02. The fourth-order valence-electron chi connectivity index (χ4n) is 3.26. The maximum atomic E-state index is 12.9. The second-order valence-electron chi connectivity index (χ2n) is 5.94. The van der Waals surface area contributed by atoms with Gasteiger partial charge >= 0.3 is 6.03 Å². The van der Waals surface area contributed by atoms with Crippen LogP contribution in [0.25, 0.3) is 0 Å². The van der Waals surface area contributed by atoms with E-state index in [1.807, 2.05) is 35.2 Å². The Hall–Kier alpha value is -2.79. The van der Waals surface area contributed by atoms with E-state index in [9.17, 15) is 4.79 Å². The zero-order valence-corrected chi connectivity index (χ0v) is 14.2. The van der Waals surface area contributed by atoms with Crippen molar-refractivity contribution in [2.75, 3.05) is 11.9 Å².